The molecule has 32 heavy (non-hydrogen) atoms. The number of hydrogen-bond acceptors (Lipinski definition) is 5. The van der Waals surface area contributed by atoms with Gasteiger partial charge in [-0.1, -0.05) is 11.6 Å². The standard InChI is InChI=1S/C23H19ClFN7/c1-26-6-7-32-12-15(11-30-32)14-8-21-19(27-10-14)4-5-20(31-21)23-22(28-13-29-23)17-9-16(24)2-3-18(17)25/h2-5,8-13,26H,6-7H2,1H3,(H,28,29). The number of likely N-dealkylation sites (N-methyl/N-ethyl adjacent to an activating group) is 1. The Balaban J connectivity index is 1.54. The van der Waals surface area contributed by atoms with E-state index >= 15 is 0 Å². The number of H-pyrrole nitrogens is 1. The molecule has 0 unspecified atom stereocenters. The van der Waals surface area contributed by atoms with Gasteiger partial charge in [0, 0.05) is 40.7 Å². The Hall–Kier alpha value is -3.62. The van der Waals surface area contributed by atoms with Crippen LogP contribution in [0, 0.1) is 5.82 Å². The van der Waals surface area contributed by atoms with Crippen LogP contribution in [-0.4, -0.2) is 43.3 Å². The number of nitrogens with zero attached hydrogens (tertiary/aromatic N) is 5. The highest BCUT2D eigenvalue weighted by atomic mass is 35.5. The van der Waals surface area contributed by atoms with Crippen LogP contribution >= 0.6 is 11.6 Å². The smallest absolute Gasteiger partial charge is 0.132 e. The van der Waals surface area contributed by atoms with Crippen LogP contribution in [0.4, 0.5) is 4.39 Å². The Bertz CT molecular complexity index is 1410. The van der Waals surface area contributed by atoms with Gasteiger partial charge < -0.3 is 10.3 Å². The number of halogens is 2. The first-order valence-corrected chi connectivity index (χ1v) is 10.4. The van der Waals surface area contributed by atoms with E-state index in [2.05, 4.69) is 25.4 Å². The largest absolute Gasteiger partial charge is 0.344 e. The Morgan fingerprint density at radius 2 is 1.97 bits per heavy atom. The molecule has 0 aliphatic carbocycles. The van der Waals surface area contributed by atoms with Crippen molar-refractivity contribution < 1.29 is 4.39 Å². The first-order chi connectivity index (χ1) is 15.6. The maximum absolute atomic E-state index is 14.5. The Morgan fingerprint density at radius 3 is 2.84 bits per heavy atom. The molecule has 0 atom stereocenters. The van der Waals surface area contributed by atoms with Crippen molar-refractivity contribution in [3.63, 3.8) is 0 Å². The van der Waals surface area contributed by atoms with Crippen LogP contribution in [0.2, 0.25) is 5.02 Å². The lowest BCUT2D eigenvalue weighted by Gasteiger charge is -2.07. The minimum atomic E-state index is -0.389. The fourth-order valence-corrected chi connectivity index (χ4v) is 3.71. The second-order valence-corrected chi connectivity index (χ2v) is 7.74. The number of imidazole rings is 1. The van der Waals surface area contributed by atoms with Crippen LogP contribution in [0.15, 0.2) is 61.3 Å². The third-order valence-electron chi connectivity index (χ3n) is 5.17. The predicted octanol–water partition coefficient (Wildman–Crippen LogP) is 4.56. The van der Waals surface area contributed by atoms with Crippen LogP contribution < -0.4 is 5.32 Å². The number of benzene rings is 1. The van der Waals surface area contributed by atoms with Crippen LogP contribution in [0.5, 0.6) is 0 Å². The lowest BCUT2D eigenvalue weighted by atomic mass is 10.1. The van der Waals surface area contributed by atoms with Gasteiger partial charge in [-0.15, -0.1) is 0 Å². The Kier molecular flexibility index (Phi) is 5.38. The number of pyridine rings is 2. The topological polar surface area (TPSA) is 84.3 Å². The molecule has 0 saturated carbocycles. The van der Waals surface area contributed by atoms with Crippen molar-refractivity contribution in [3.05, 3.63) is 72.2 Å². The van der Waals surface area contributed by atoms with E-state index in [1.54, 1.807) is 6.07 Å². The van der Waals surface area contributed by atoms with E-state index in [0.717, 1.165) is 29.7 Å². The second-order valence-electron chi connectivity index (χ2n) is 7.30. The molecule has 0 amide bonds. The van der Waals surface area contributed by atoms with Gasteiger partial charge in [-0.05, 0) is 43.4 Å². The van der Waals surface area contributed by atoms with Crippen LogP contribution in [-0.2, 0) is 6.54 Å². The highest BCUT2D eigenvalue weighted by molar-refractivity contribution is 6.30. The molecule has 0 aliphatic rings. The second kappa shape index (κ2) is 8.49. The maximum Gasteiger partial charge on any atom is 0.132 e. The summed E-state index contributed by atoms with van der Waals surface area (Å²) in [6.45, 7) is 1.61. The van der Waals surface area contributed by atoms with E-state index < -0.39 is 0 Å². The molecule has 0 saturated heterocycles. The molecule has 7 nitrogen and oxygen atoms in total. The van der Waals surface area contributed by atoms with E-state index in [-0.39, 0.29) is 5.82 Å². The van der Waals surface area contributed by atoms with Gasteiger partial charge in [-0.3, -0.25) is 9.67 Å². The lowest BCUT2D eigenvalue weighted by Crippen LogP contribution is -2.14. The van der Waals surface area contributed by atoms with Crippen molar-refractivity contribution in [1.82, 2.24) is 35.0 Å². The van der Waals surface area contributed by atoms with Crippen molar-refractivity contribution in [2.75, 3.05) is 13.6 Å². The summed E-state index contributed by atoms with van der Waals surface area (Å²) in [6, 6.07) is 10.1. The normalized spacial score (nSPS) is 11.3. The summed E-state index contributed by atoms with van der Waals surface area (Å²) < 4.78 is 16.3. The molecule has 0 aliphatic heterocycles. The number of hydrogen-bond donors (Lipinski definition) is 2. The van der Waals surface area contributed by atoms with Crippen LogP contribution in [0.25, 0.3) is 44.8 Å². The van der Waals surface area contributed by atoms with Gasteiger partial charge in [0.1, 0.15) is 11.5 Å². The molecule has 4 heterocycles. The fourth-order valence-electron chi connectivity index (χ4n) is 3.54. The third-order valence-corrected chi connectivity index (χ3v) is 5.41. The summed E-state index contributed by atoms with van der Waals surface area (Å²) in [5, 5.41) is 7.95. The Labute approximate surface area is 188 Å². The van der Waals surface area contributed by atoms with E-state index in [0.29, 0.717) is 33.2 Å². The van der Waals surface area contributed by atoms with Crippen LogP contribution in [0.3, 0.4) is 0 Å². The van der Waals surface area contributed by atoms with Gasteiger partial charge >= 0.3 is 0 Å². The van der Waals surface area contributed by atoms with Gasteiger partial charge in [0.05, 0.1) is 41.5 Å². The molecular weight excluding hydrogens is 429 g/mol. The van der Waals surface area contributed by atoms with Gasteiger partial charge in [0.25, 0.3) is 0 Å². The maximum atomic E-state index is 14.5. The van der Waals surface area contributed by atoms with E-state index in [4.69, 9.17) is 16.6 Å². The predicted molar refractivity (Wildman–Crippen MR) is 123 cm³/mol. The van der Waals surface area contributed by atoms with Crippen molar-refractivity contribution in [1.29, 1.82) is 0 Å². The van der Waals surface area contributed by atoms with Crippen molar-refractivity contribution in [3.8, 4) is 33.8 Å². The lowest BCUT2D eigenvalue weighted by molar-refractivity contribution is 0.585. The van der Waals surface area contributed by atoms with Crippen LogP contribution in [0.1, 0.15) is 0 Å². The molecule has 5 aromatic rings. The van der Waals surface area contributed by atoms with E-state index in [1.165, 1.54) is 18.5 Å². The van der Waals surface area contributed by atoms with Gasteiger partial charge in [0.15, 0.2) is 0 Å². The fraction of sp³-hybridized carbons (Fsp3) is 0.130. The summed E-state index contributed by atoms with van der Waals surface area (Å²) >= 11 is 6.08. The monoisotopic (exact) mass is 447 g/mol. The molecular formula is C23H19ClFN7. The zero-order valence-corrected chi connectivity index (χ0v) is 17.9. The molecule has 2 N–H and O–H groups in total. The minimum absolute atomic E-state index is 0.341. The first kappa shape index (κ1) is 20.3. The average Bonchev–Trinajstić information content (AvgIpc) is 3.48. The summed E-state index contributed by atoms with van der Waals surface area (Å²) in [6.07, 6.45) is 7.13. The molecule has 0 spiro atoms. The molecule has 4 aromatic heterocycles. The van der Waals surface area contributed by atoms with Crippen molar-refractivity contribution in [2.24, 2.45) is 0 Å². The molecule has 0 radical (unpaired) electrons. The quantitative estimate of drug-likeness (QED) is 0.398. The van der Waals surface area contributed by atoms with E-state index in [9.17, 15) is 4.39 Å². The van der Waals surface area contributed by atoms with Gasteiger partial charge in [-0.2, -0.15) is 5.10 Å². The highest BCUT2D eigenvalue weighted by Gasteiger charge is 2.16. The van der Waals surface area contributed by atoms with E-state index in [1.807, 2.05) is 48.5 Å². The van der Waals surface area contributed by atoms with Gasteiger partial charge in [-0.25, -0.2) is 14.4 Å². The molecule has 9 heteroatoms. The minimum Gasteiger partial charge on any atom is -0.344 e. The third kappa shape index (κ3) is 3.86. The number of aromatic nitrogens is 6. The zero-order chi connectivity index (χ0) is 22.1. The summed E-state index contributed by atoms with van der Waals surface area (Å²) in [5.74, 6) is -0.389. The molecule has 5 rings (SSSR count). The summed E-state index contributed by atoms with van der Waals surface area (Å²) in [4.78, 5) is 16.7. The van der Waals surface area contributed by atoms with Crippen molar-refractivity contribution >= 4 is 22.6 Å². The highest BCUT2D eigenvalue weighted by Crippen LogP contribution is 2.32. The average molecular weight is 448 g/mol. The van der Waals surface area contributed by atoms with Crippen molar-refractivity contribution in [2.45, 2.75) is 6.54 Å². The number of rotatable bonds is 6. The first-order valence-electron chi connectivity index (χ1n) is 10.1. The zero-order valence-electron chi connectivity index (χ0n) is 17.2. The summed E-state index contributed by atoms with van der Waals surface area (Å²) in [7, 11) is 1.91. The molecule has 1 aromatic carbocycles. The number of aromatic amines is 1. The molecule has 0 bridgehead atoms. The summed E-state index contributed by atoms with van der Waals surface area (Å²) in [5.41, 5.74) is 5.36. The number of nitrogens with one attached hydrogen (secondary N) is 2. The van der Waals surface area contributed by atoms with Gasteiger partial charge in [0.2, 0.25) is 0 Å². The Morgan fingerprint density at radius 1 is 1.06 bits per heavy atom. The SMILES string of the molecule is CNCCn1cc(-c2cnc3ccc(-c4nc[nH]c4-c4cc(Cl)ccc4F)nc3c2)cn1. The molecule has 160 valence electrons. The number of fused-ring (bicyclic) bond motifs is 1. The molecule has 0 fully saturated rings.